The minimum Gasteiger partial charge on any atom is -0.496 e. The molecule has 0 radical (unpaired) electrons. The highest BCUT2D eigenvalue weighted by atomic mass is 16.5. The predicted octanol–water partition coefficient (Wildman–Crippen LogP) is 4.20. The first-order valence-electron chi connectivity index (χ1n) is 13.0. The van der Waals surface area contributed by atoms with Gasteiger partial charge in [0.2, 0.25) is 11.8 Å². The fraction of sp³-hybridized carbons (Fsp3) is 0.267. The van der Waals surface area contributed by atoms with Crippen LogP contribution in [0.25, 0.3) is 21.9 Å². The van der Waals surface area contributed by atoms with E-state index < -0.39 is 24.1 Å². The summed E-state index contributed by atoms with van der Waals surface area (Å²) in [6.07, 6.45) is 3.35. The molecule has 40 heavy (non-hydrogen) atoms. The number of H-pyrrole nitrogens is 1. The number of carbonyl (C=O) groups excluding carboxylic acids is 2. The highest BCUT2D eigenvalue weighted by molar-refractivity contribution is 6.02. The van der Waals surface area contributed by atoms with Gasteiger partial charge in [-0.15, -0.1) is 0 Å². The zero-order chi connectivity index (χ0) is 28.4. The second kappa shape index (κ2) is 11.1. The molecule has 0 saturated carbocycles. The van der Waals surface area contributed by atoms with Crippen molar-refractivity contribution < 1.29 is 24.2 Å². The van der Waals surface area contributed by atoms with Gasteiger partial charge in [0.25, 0.3) is 0 Å². The minimum absolute atomic E-state index is 0.221. The van der Waals surface area contributed by atoms with E-state index in [0.29, 0.717) is 18.6 Å². The Bertz CT molecular complexity index is 1570. The van der Waals surface area contributed by atoms with Gasteiger partial charge >= 0.3 is 6.09 Å². The van der Waals surface area contributed by atoms with Gasteiger partial charge in [0.1, 0.15) is 17.8 Å². The molecule has 2 atom stereocenters. The Morgan fingerprint density at radius 3 is 2.73 bits per heavy atom. The van der Waals surface area contributed by atoms with Gasteiger partial charge in [0, 0.05) is 30.1 Å². The number of nitrogens with zero attached hydrogens (tertiary/aromatic N) is 3. The Morgan fingerprint density at radius 2 is 2.00 bits per heavy atom. The van der Waals surface area contributed by atoms with E-state index in [9.17, 15) is 19.5 Å². The van der Waals surface area contributed by atoms with E-state index in [4.69, 9.17) is 4.74 Å². The predicted molar refractivity (Wildman–Crippen MR) is 151 cm³/mol. The number of fused-ring (bicyclic) bond motifs is 2. The first-order chi connectivity index (χ1) is 19.3. The number of amides is 3. The van der Waals surface area contributed by atoms with Gasteiger partial charge in [-0.1, -0.05) is 36.4 Å². The highest BCUT2D eigenvalue weighted by Gasteiger charge is 2.34. The highest BCUT2D eigenvalue weighted by Crippen LogP contribution is 2.35. The van der Waals surface area contributed by atoms with Gasteiger partial charge in [-0.2, -0.15) is 5.10 Å². The molecule has 0 aliphatic carbocycles. The van der Waals surface area contributed by atoms with Crippen LogP contribution in [0.1, 0.15) is 24.5 Å². The van der Waals surface area contributed by atoms with Crippen LogP contribution in [0, 0.1) is 0 Å². The molecule has 2 heterocycles. The summed E-state index contributed by atoms with van der Waals surface area (Å²) in [5.41, 5.74) is 4.58. The van der Waals surface area contributed by atoms with Crippen molar-refractivity contribution in [2.45, 2.75) is 38.4 Å². The van der Waals surface area contributed by atoms with Crippen LogP contribution in [0.2, 0.25) is 0 Å². The molecule has 1 aromatic heterocycles. The summed E-state index contributed by atoms with van der Waals surface area (Å²) in [6, 6.07) is 15.9. The molecule has 0 fully saturated rings. The van der Waals surface area contributed by atoms with Crippen LogP contribution in [0.4, 0.5) is 10.5 Å². The van der Waals surface area contributed by atoms with Crippen molar-refractivity contribution in [3.63, 3.8) is 0 Å². The number of methoxy groups -OCH3 is 1. The largest absolute Gasteiger partial charge is 0.496 e. The topological polar surface area (TPSA) is 128 Å². The number of nitrogens with one attached hydrogen (secondary N) is 2. The molecule has 0 spiro atoms. The number of aromatic amines is 1. The number of benzene rings is 3. The summed E-state index contributed by atoms with van der Waals surface area (Å²) < 4.78 is 5.74. The smallest absolute Gasteiger partial charge is 0.407 e. The maximum absolute atomic E-state index is 14.0. The second-order valence-corrected chi connectivity index (χ2v) is 9.89. The minimum atomic E-state index is -1.22. The SMILES string of the molecule is COc1ccc2cc(-c3cn[nH]c3)ccc2c1CN1C(=O)[C@@H](NC(=O)[C@H](C)N(C)C(=O)O)CCc2ccccc21. The first kappa shape index (κ1) is 26.7. The van der Waals surface area contributed by atoms with Gasteiger partial charge < -0.3 is 20.1 Å². The lowest BCUT2D eigenvalue weighted by Crippen LogP contribution is -2.53. The zero-order valence-electron chi connectivity index (χ0n) is 22.5. The number of hydrogen-bond donors (Lipinski definition) is 3. The van der Waals surface area contributed by atoms with E-state index in [1.54, 1.807) is 18.2 Å². The van der Waals surface area contributed by atoms with Crippen molar-refractivity contribution in [2.75, 3.05) is 19.1 Å². The van der Waals surface area contributed by atoms with Gasteiger partial charge in [0.05, 0.1) is 19.9 Å². The summed E-state index contributed by atoms with van der Waals surface area (Å²) >= 11 is 0. The number of aromatic nitrogens is 2. The lowest BCUT2D eigenvalue weighted by molar-refractivity contribution is -0.130. The van der Waals surface area contributed by atoms with Gasteiger partial charge in [-0.3, -0.25) is 19.6 Å². The molecular weight excluding hydrogens is 510 g/mol. The van der Waals surface area contributed by atoms with Crippen molar-refractivity contribution in [3.8, 4) is 16.9 Å². The molecule has 0 bridgehead atoms. The Morgan fingerprint density at radius 1 is 1.20 bits per heavy atom. The third-order valence-electron chi connectivity index (χ3n) is 7.58. The van der Waals surface area contributed by atoms with Crippen molar-refractivity contribution in [1.29, 1.82) is 0 Å². The van der Waals surface area contributed by atoms with Crippen LogP contribution in [0.15, 0.2) is 67.0 Å². The Balaban J connectivity index is 1.52. The van der Waals surface area contributed by atoms with Crippen molar-refractivity contribution in [2.24, 2.45) is 0 Å². The second-order valence-electron chi connectivity index (χ2n) is 9.89. The molecule has 10 heteroatoms. The van der Waals surface area contributed by atoms with Crippen molar-refractivity contribution >= 4 is 34.4 Å². The first-order valence-corrected chi connectivity index (χ1v) is 13.0. The molecular formula is C30H31N5O5. The van der Waals surface area contributed by atoms with E-state index in [-0.39, 0.29) is 12.5 Å². The number of likely N-dealkylation sites (N-methyl/N-ethyl adjacent to an activating group) is 1. The van der Waals surface area contributed by atoms with Crippen LogP contribution in [0.3, 0.4) is 0 Å². The summed E-state index contributed by atoms with van der Waals surface area (Å²) in [5.74, 6) is -0.142. The molecule has 0 unspecified atom stereocenters. The van der Waals surface area contributed by atoms with Crippen LogP contribution in [-0.2, 0) is 22.6 Å². The molecule has 3 aromatic carbocycles. The summed E-state index contributed by atoms with van der Waals surface area (Å²) in [5, 5.41) is 20.9. The monoisotopic (exact) mass is 541 g/mol. The van der Waals surface area contributed by atoms with E-state index >= 15 is 0 Å². The number of carboxylic acid groups (broad SMARTS) is 1. The Hall–Kier alpha value is -4.86. The van der Waals surface area contributed by atoms with Gasteiger partial charge in [0.15, 0.2) is 0 Å². The number of para-hydroxylation sites is 1. The average Bonchev–Trinajstić information content (AvgIpc) is 3.48. The summed E-state index contributed by atoms with van der Waals surface area (Å²) in [7, 11) is 2.93. The van der Waals surface area contributed by atoms with Gasteiger partial charge in [-0.25, -0.2) is 4.79 Å². The Kier molecular flexibility index (Phi) is 7.41. The number of rotatable bonds is 7. The summed E-state index contributed by atoms with van der Waals surface area (Å²) in [6.45, 7) is 1.72. The van der Waals surface area contributed by atoms with E-state index in [1.807, 2.05) is 54.7 Å². The fourth-order valence-electron chi connectivity index (χ4n) is 5.12. The molecule has 0 saturated heterocycles. The number of carbonyl (C=O) groups is 3. The number of hydrogen-bond acceptors (Lipinski definition) is 5. The number of ether oxygens (including phenoxy) is 1. The van der Waals surface area contributed by atoms with Crippen LogP contribution in [-0.4, -0.2) is 64.4 Å². The lowest BCUT2D eigenvalue weighted by atomic mass is 9.98. The fourth-order valence-corrected chi connectivity index (χ4v) is 5.12. The average molecular weight is 542 g/mol. The quantitative estimate of drug-likeness (QED) is 0.322. The van der Waals surface area contributed by atoms with E-state index in [1.165, 1.54) is 14.0 Å². The molecule has 4 aromatic rings. The standard InChI is InChI=1S/C30H31N5O5/c1-18(34(2)30(38)39)28(36)33-25-12-9-19-6-4-5-7-26(19)35(29(25)37)17-24-23-11-8-20(22-15-31-32-16-22)14-21(23)10-13-27(24)40-3/h4-8,10-11,13-16,18,25H,9,12,17H2,1-3H3,(H,31,32)(H,33,36)(H,38,39)/t18-,25-/m0/s1. The van der Waals surface area contributed by atoms with Crippen LogP contribution < -0.4 is 15.0 Å². The zero-order valence-corrected chi connectivity index (χ0v) is 22.5. The summed E-state index contributed by atoms with van der Waals surface area (Å²) in [4.78, 5) is 41.0. The van der Waals surface area contributed by atoms with Gasteiger partial charge in [-0.05, 0) is 59.9 Å². The molecule has 3 amide bonds. The van der Waals surface area contributed by atoms with E-state index in [0.717, 1.165) is 43.6 Å². The number of aryl methyl sites for hydroxylation is 1. The molecule has 206 valence electrons. The lowest BCUT2D eigenvalue weighted by Gasteiger charge is -2.29. The maximum Gasteiger partial charge on any atom is 0.407 e. The van der Waals surface area contributed by atoms with Crippen molar-refractivity contribution in [1.82, 2.24) is 20.4 Å². The molecule has 5 rings (SSSR count). The number of anilines is 1. The van der Waals surface area contributed by atoms with Crippen LogP contribution in [0.5, 0.6) is 5.75 Å². The molecule has 1 aliphatic rings. The third kappa shape index (κ3) is 5.07. The maximum atomic E-state index is 14.0. The Labute approximate surface area is 231 Å². The third-order valence-corrected chi connectivity index (χ3v) is 7.58. The van der Waals surface area contributed by atoms with E-state index in [2.05, 4.69) is 21.6 Å². The molecule has 1 aliphatic heterocycles. The molecule has 3 N–H and O–H groups in total. The normalized spacial score (nSPS) is 15.7. The van der Waals surface area contributed by atoms with Crippen molar-refractivity contribution in [3.05, 3.63) is 78.1 Å². The molecule has 10 nitrogen and oxygen atoms in total. The van der Waals surface area contributed by atoms with Crippen LogP contribution >= 0.6 is 0 Å².